The van der Waals surface area contributed by atoms with Gasteiger partial charge in [-0.2, -0.15) is 0 Å². The number of carbonyl (C=O) groups excluding carboxylic acids is 1. The molecule has 4 heteroatoms. The molecule has 2 N–H and O–H groups in total. The zero-order chi connectivity index (χ0) is 15.2. The molecule has 0 bridgehead atoms. The molecular weight excluding hydrogens is 267 g/mol. The molecular formula is C17H25FN2O. The Morgan fingerprint density at radius 1 is 1.43 bits per heavy atom. The smallest absolute Gasteiger partial charge is 0.220 e. The number of amides is 1. The van der Waals surface area contributed by atoms with Crippen molar-refractivity contribution in [3.63, 3.8) is 0 Å². The molecule has 1 amide bonds. The quantitative estimate of drug-likeness (QED) is 0.876. The third kappa shape index (κ3) is 4.81. The number of piperidine rings is 1. The lowest BCUT2D eigenvalue weighted by molar-refractivity contribution is -0.122. The van der Waals surface area contributed by atoms with Gasteiger partial charge in [-0.05, 0) is 61.9 Å². The molecule has 0 spiro atoms. The predicted octanol–water partition coefficient (Wildman–Crippen LogP) is 2.78. The van der Waals surface area contributed by atoms with E-state index in [9.17, 15) is 9.18 Å². The summed E-state index contributed by atoms with van der Waals surface area (Å²) in [5.41, 5.74) is 1.56. The van der Waals surface area contributed by atoms with Gasteiger partial charge in [0.05, 0.1) is 0 Å². The van der Waals surface area contributed by atoms with Crippen LogP contribution in [0, 0.1) is 24.6 Å². The van der Waals surface area contributed by atoms with Crippen molar-refractivity contribution < 1.29 is 9.18 Å². The number of rotatable bonds is 5. The van der Waals surface area contributed by atoms with Crippen molar-refractivity contribution in [2.45, 2.75) is 39.7 Å². The molecule has 0 saturated carbocycles. The number of hydrogen-bond acceptors (Lipinski definition) is 2. The molecule has 3 nitrogen and oxygen atoms in total. The molecule has 1 aliphatic heterocycles. The highest BCUT2D eigenvalue weighted by molar-refractivity contribution is 5.76. The number of hydrogen-bond donors (Lipinski definition) is 2. The molecule has 0 aromatic heterocycles. The third-order valence-corrected chi connectivity index (χ3v) is 4.41. The van der Waals surface area contributed by atoms with Crippen LogP contribution >= 0.6 is 0 Å². The number of benzene rings is 1. The zero-order valence-corrected chi connectivity index (χ0v) is 12.9. The van der Waals surface area contributed by atoms with Gasteiger partial charge >= 0.3 is 0 Å². The molecule has 1 aromatic rings. The second-order valence-electron chi connectivity index (χ2n) is 6.13. The molecule has 1 saturated heterocycles. The van der Waals surface area contributed by atoms with Gasteiger partial charge < -0.3 is 10.6 Å². The van der Waals surface area contributed by atoms with Crippen molar-refractivity contribution in [1.29, 1.82) is 0 Å². The second kappa shape index (κ2) is 7.55. The van der Waals surface area contributed by atoms with Crippen LogP contribution in [0.2, 0.25) is 0 Å². The van der Waals surface area contributed by atoms with Crippen LogP contribution in [0.4, 0.5) is 4.39 Å². The average molecular weight is 292 g/mol. The van der Waals surface area contributed by atoms with Gasteiger partial charge in [0.25, 0.3) is 0 Å². The minimum Gasteiger partial charge on any atom is -0.352 e. The first kappa shape index (κ1) is 16.0. The van der Waals surface area contributed by atoms with Crippen LogP contribution in [0.15, 0.2) is 18.2 Å². The first-order chi connectivity index (χ1) is 10.1. The molecule has 116 valence electrons. The van der Waals surface area contributed by atoms with Crippen LogP contribution in [0.25, 0.3) is 0 Å². The molecule has 1 heterocycles. The van der Waals surface area contributed by atoms with Gasteiger partial charge in [-0.3, -0.25) is 4.79 Å². The van der Waals surface area contributed by atoms with E-state index < -0.39 is 0 Å². The lowest BCUT2D eigenvalue weighted by Crippen LogP contribution is -2.33. The van der Waals surface area contributed by atoms with E-state index >= 15 is 0 Å². The van der Waals surface area contributed by atoms with Crippen molar-refractivity contribution in [2.24, 2.45) is 11.8 Å². The Morgan fingerprint density at radius 3 is 2.81 bits per heavy atom. The largest absolute Gasteiger partial charge is 0.352 e. The summed E-state index contributed by atoms with van der Waals surface area (Å²) in [4.78, 5) is 12.0. The van der Waals surface area contributed by atoms with E-state index in [4.69, 9.17) is 0 Å². The summed E-state index contributed by atoms with van der Waals surface area (Å²) in [6, 6.07) is 4.96. The summed E-state index contributed by atoms with van der Waals surface area (Å²) in [6.07, 6.45) is 2.89. The maximum Gasteiger partial charge on any atom is 0.220 e. The van der Waals surface area contributed by atoms with E-state index in [0.29, 0.717) is 30.4 Å². The fourth-order valence-corrected chi connectivity index (χ4v) is 2.96. The lowest BCUT2D eigenvalue weighted by Gasteiger charge is -2.27. The van der Waals surface area contributed by atoms with Crippen LogP contribution < -0.4 is 10.6 Å². The van der Waals surface area contributed by atoms with Crippen molar-refractivity contribution in [3.8, 4) is 0 Å². The highest BCUT2D eigenvalue weighted by Gasteiger charge is 2.21. The minimum atomic E-state index is -0.204. The Bertz CT molecular complexity index is 484. The van der Waals surface area contributed by atoms with Crippen LogP contribution in [0.3, 0.4) is 0 Å². The Balaban J connectivity index is 1.77. The second-order valence-corrected chi connectivity index (χ2v) is 6.13. The maximum absolute atomic E-state index is 13.2. The van der Waals surface area contributed by atoms with Gasteiger partial charge in [0, 0.05) is 13.0 Å². The van der Waals surface area contributed by atoms with Crippen molar-refractivity contribution in [3.05, 3.63) is 35.1 Å². The number of nitrogens with one attached hydrogen (secondary N) is 2. The average Bonchev–Trinajstić information content (AvgIpc) is 2.49. The SMILES string of the molecule is Cc1cc(CNC(=O)CC(C)C2CCNCC2)ccc1F. The van der Waals surface area contributed by atoms with Crippen LogP contribution in [-0.2, 0) is 11.3 Å². The van der Waals surface area contributed by atoms with Gasteiger partial charge in [0.1, 0.15) is 5.82 Å². The zero-order valence-electron chi connectivity index (χ0n) is 12.9. The molecule has 1 atom stereocenters. The lowest BCUT2D eigenvalue weighted by atomic mass is 9.84. The minimum absolute atomic E-state index is 0.0861. The van der Waals surface area contributed by atoms with Crippen molar-refractivity contribution in [2.75, 3.05) is 13.1 Å². The van der Waals surface area contributed by atoms with Gasteiger partial charge in [-0.15, -0.1) is 0 Å². The Labute approximate surface area is 126 Å². The fraction of sp³-hybridized carbons (Fsp3) is 0.588. The summed E-state index contributed by atoms with van der Waals surface area (Å²) in [5.74, 6) is 0.944. The van der Waals surface area contributed by atoms with E-state index in [-0.39, 0.29) is 11.7 Å². The summed E-state index contributed by atoms with van der Waals surface area (Å²) < 4.78 is 13.2. The highest BCUT2D eigenvalue weighted by Crippen LogP contribution is 2.24. The van der Waals surface area contributed by atoms with Gasteiger partial charge in [-0.25, -0.2) is 4.39 Å². The van der Waals surface area contributed by atoms with Crippen molar-refractivity contribution >= 4 is 5.91 Å². The molecule has 0 aliphatic carbocycles. The maximum atomic E-state index is 13.2. The first-order valence-corrected chi connectivity index (χ1v) is 7.78. The molecule has 1 unspecified atom stereocenters. The summed E-state index contributed by atoms with van der Waals surface area (Å²) in [6.45, 7) is 6.49. The topological polar surface area (TPSA) is 41.1 Å². The van der Waals surface area contributed by atoms with Crippen LogP contribution in [0.5, 0.6) is 0 Å². The summed E-state index contributed by atoms with van der Waals surface area (Å²) in [7, 11) is 0. The van der Waals surface area contributed by atoms with Gasteiger partial charge in [-0.1, -0.05) is 19.1 Å². The predicted molar refractivity (Wildman–Crippen MR) is 82.4 cm³/mol. The normalized spacial score (nSPS) is 17.5. The van der Waals surface area contributed by atoms with Crippen LogP contribution in [0.1, 0.15) is 37.3 Å². The molecule has 1 aromatic carbocycles. The third-order valence-electron chi connectivity index (χ3n) is 4.41. The molecule has 21 heavy (non-hydrogen) atoms. The van der Waals surface area contributed by atoms with E-state index in [1.165, 1.54) is 6.07 Å². The number of aryl methyl sites for hydroxylation is 1. The molecule has 1 fully saturated rings. The summed E-state index contributed by atoms with van der Waals surface area (Å²) >= 11 is 0. The Morgan fingerprint density at radius 2 is 2.14 bits per heavy atom. The van der Waals surface area contributed by atoms with E-state index in [1.807, 2.05) is 0 Å². The Kier molecular flexibility index (Phi) is 5.74. The monoisotopic (exact) mass is 292 g/mol. The Hall–Kier alpha value is -1.42. The molecule has 0 radical (unpaired) electrons. The van der Waals surface area contributed by atoms with Gasteiger partial charge in [0.2, 0.25) is 5.91 Å². The van der Waals surface area contributed by atoms with Crippen molar-refractivity contribution in [1.82, 2.24) is 10.6 Å². The van der Waals surface area contributed by atoms with Crippen LogP contribution in [-0.4, -0.2) is 19.0 Å². The van der Waals surface area contributed by atoms with E-state index in [0.717, 1.165) is 31.5 Å². The van der Waals surface area contributed by atoms with Gasteiger partial charge in [0.15, 0.2) is 0 Å². The van der Waals surface area contributed by atoms with E-state index in [1.54, 1.807) is 19.1 Å². The molecule has 1 aliphatic rings. The molecule has 2 rings (SSSR count). The number of carbonyl (C=O) groups is 1. The standard InChI is InChI=1S/C17H25FN2O/c1-12(15-5-7-19-8-6-15)10-17(21)20-11-14-3-4-16(18)13(2)9-14/h3-4,9,12,15,19H,5-8,10-11H2,1-2H3,(H,20,21). The highest BCUT2D eigenvalue weighted by atomic mass is 19.1. The van der Waals surface area contributed by atoms with E-state index in [2.05, 4.69) is 17.6 Å². The first-order valence-electron chi connectivity index (χ1n) is 7.78. The fourth-order valence-electron chi connectivity index (χ4n) is 2.96. The summed E-state index contributed by atoms with van der Waals surface area (Å²) in [5, 5.41) is 6.29. The number of halogens is 1.